The smallest absolute Gasteiger partial charge is 0.331 e. The highest BCUT2D eigenvalue weighted by atomic mass is 32.1. The Kier molecular flexibility index (Phi) is 6.50. The molecule has 1 aromatic rings. The lowest BCUT2D eigenvalue weighted by Gasteiger charge is -2.45. The maximum Gasteiger partial charge on any atom is 0.331 e. The van der Waals surface area contributed by atoms with Crippen LogP contribution in [-0.4, -0.2) is 54.8 Å². The Hall–Kier alpha value is -1.99. The van der Waals surface area contributed by atoms with E-state index in [1.807, 2.05) is 42.2 Å². The molecule has 0 bridgehead atoms. The normalized spacial score (nSPS) is 17.2. The SMILES string of the molecule is CCOC(=O)C1(C(=O)OCC)CN(CC)CN(c2ccccc2)C1=S. The Morgan fingerprint density at radius 3 is 2.12 bits per heavy atom. The highest BCUT2D eigenvalue weighted by Crippen LogP contribution is 2.34. The first-order valence-electron chi connectivity index (χ1n) is 8.45. The molecule has 1 heterocycles. The first kappa shape index (κ1) is 19.3. The fourth-order valence-electron chi connectivity index (χ4n) is 2.86. The average Bonchev–Trinajstić information content (AvgIpc) is 2.63. The number of benzene rings is 1. The Morgan fingerprint density at radius 2 is 1.64 bits per heavy atom. The average molecular weight is 364 g/mol. The number of para-hydroxylation sites is 1. The second kappa shape index (κ2) is 8.40. The molecule has 2 rings (SSSR count). The minimum Gasteiger partial charge on any atom is -0.465 e. The van der Waals surface area contributed by atoms with Crippen molar-refractivity contribution in [2.75, 3.05) is 37.9 Å². The Balaban J connectivity index is 2.52. The molecule has 1 fully saturated rings. The first-order chi connectivity index (χ1) is 12.0. The minimum absolute atomic E-state index is 0.156. The predicted molar refractivity (Wildman–Crippen MR) is 99.3 cm³/mol. The zero-order valence-electron chi connectivity index (χ0n) is 14.9. The zero-order chi connectivity index (χ0) is 18.4. The van der Waals surface area contributed by atoms with E-state index in [9.17, 15) is 9.59 Å². The van der Waals surface area contributed by atoms with Gasteiger partial charge in [-0.15, -0.1) is 0 Å². The number of thiocarbonyl (C=S) groups is 1. The van der Waals surface area contributed by atoms with E-state index >= 15 is 0 Å². The summed E-state index contributed by atoms with van der Waals surface area (Å²) in [6, 6.07) is 9.47. The zero-order valence-corrected chi connectivity index (χ0v) is 15.7. The standard InChI is InChI=1S/C18H24N2O4S/c1-4-19-12-18(16(21)23-5-2,17(22)24-6-3)15(25)20(13-19)14-10-8-7-9-11-14/h7-11H,4-6,12-13H2,1-3H3. The molecular weight excluding hydrogens is 340 g/mol. The lowest BCUT2D eigenvalue weighted by molar-refractivity contribution is -0.168. The fraction of sp³-hybridized carbons (Fsp3) is 0.500. The summed E-state index contributed by atoms with van der Waals surface area (Å²) in [5.41, 5.74) is -0.811. The predicted octanol–water partition coefficient (Wildman–Crippen LogP) is 2.23. The van der Waals surface area contributed by atoms with Crippen LogP contribution in [0.15, 0.2) is 30.3 Å². The van der Waals surface area contributed by atoms with Crippen molar-refractivity contribution in [3.63, 3.8) is 0 Å². The van der Waals surface area contributed by atoms with Gasteiger partial charge < -0.3 is 14.4 Å². The van der Waals surface area contributed by atoms with E-state index in [-0.39, 0.29) is 24.7 Å². The van der Waals surface area contributed by atoms with Gasteiger partial charge in [-0.3, -0.25) is 14.5 Å². The molecule has 0 amide bonds. The third kappa shape index (κ3) is 3.67. The van der Waals surface area contributed by atoms with Crippen LogP contribution in [0.4, 0.5) is 5.69 Å². The van der Waals surface area contributed by atoms with Crippen molar-refractivity contribution in [3.8, 4) is 0 Å². The van der Waals surface area contributed by atoms with Crippen molar-refractivity contribution in [1.82, 2.24) is 4.90 Å². The largest absolute Gasteiger partial charge is 0.465 e. The van der Waals surface area contributed by atoms with Crippen LogP contribution in [0, 0.1) is 5.41 Å². The highest BCUT2D eigenvalue weighted by molar-refractivity contribution is 7.80. The maximum absolute atomic E-state index is 12.8. The number of hydrogen-bond donors (Lipinski definition) is 0. The number of anilines is 1. The highest BCUT2D eigenvalue weighted by Gasteiger charge is 2.58. The molecule has 0 unspecified atom stereocenters. The lowest BCUT2D eigenvalue weighted by atomic mass is 9.84. The van der Waals surface area contributed by atoms with Crippen LogP contribution in [0.3, 0.4) is 0 Å². The van der Waals surface area contributed by atoms with Gasteiger partial charge in [-0.2, -0.15) is 0 Å². The molecule has 0 aliphatic carbocycles. The van der Waals surface area contributed by atoms with Gasteiger partial charge in [0.05, 0.1) is 19.9 Å². The molecule has 1 aliphatic rings. The molecule has 0 saturated carbocycles. The van der Waals surface area contributed by atoms with E-state index in [0.29, 0.717) is 13.2 Å². The number of ether oxygens (including phenoxy) is 2. The molecule has 0 aromatic heterocycles. The summed E-state index contributed by atoms with van der Waals surface area (Å²) in [5.74, 6) is -1.31. The summed E-state index contributed by atoms with van der Waals surface area (Å²) in [5, 5.41) is 0. The van der Waals surface area contributed by atoms with Gasteiger partial charge in [0.15, 0.2) is 0 Å². The lowest BCUT2D eigenvalue weighted by Crippen LogP contribution is -2.65. The maximum atomic E-state index is 12.8. The van der Waals surface area contributed by atoms with Gasteiger partial charge in [0, 0.05) is 12.2 Å². The Morgan fingerprint density at radius 1 is 1.08 bits per heavy atom. The topological polar surface area (TPSA) is 59.1 Å². The van der Waals surface area contributed by atoms with Crippen molar-refractivity contribution in [2.24, 2.45) is 5.41 Å². The molecule has 25 heavy (non-hydrogen) atoms. The number of esters is 2. The van der Waals surface area contributed by atoms with Crippen molar-refractivity contribution in [3.05, 3.63) is 30.3 Å². The molecule has 0 spiro atoms. The van der Waals surface area contributed by atoms with Crippen molar-refractivity contribution in [2.45, 2.75) is 20.8 Å². The monoisotopic (exact) mass is 364 g/mol. The molecular formula is C18H24N2O4S. The molecule has 7 heteroatoms. The first-order valence-corrected chi connectivity index (χ1v) is 8.85. The number of nitrogens with zero attached hydrogens (tertiary/aromatic N) is 2. The van der Waals surface area contributed by atoms with Gasteiger partial charge >= 0.3 is 11.9 Å². The van der Waals surface area contributed by atoms with E-state index in [4.69, 9.17) is 21.7 Å². The second-order valence-electron chi connectivity index (χ2n) is 5.70. The van der Waals surface area contributed by atoms with Gasteiger partial charge in [0.2, 0.25) is 5.41 Å². The fourth-order valence-corrected chi connectivity index (χ4v) is 3.26. The van der Waals surface area contributed by atoms with E-state index in [2.05, 4.69) is 0 Å². The third-order valence-electron chi connectivity index (χ3n) is 4.18. The van der Waals surface area contributed by atoms with Gasteiger partial charge in [-0.25, -0.2) is 0 Å². The molecule has 6 nitrogen and oxygen atoms in total. The van der Waals surface area contributed by atoms with Crippen LogP contribution in [0.25, 0.3) is 0 Å². The summed E-state index contributed by atoms with van der Waals surface area (Å²) in [6.45, 7) is 7.03. The Bertz CT molecular complexity index is 617. The summed E-state index contributed by atoms with van der Waals surface area (Å²) < 4.78 is 10.4. The van der Waals surface area contributed by atoms with E-state index < -0.39 is 17.4 Å². The van der Waals surface area contributed by atoms with Gasteiger partial charge in [-0.1, -0.05) is 37.3 Å². The van der Waals surface area contributed by atoms with Crippen molar-refractivity contribution in [1.29, 1.82) is 0 Å². The molecule has 0 N–H and O–H groups in total. The van der Waals surface area contributed by atoms with Gasteiger partial charge in [0.25, 0.3) is 0 Å². The molecule has 1 aromatic carbocycles. The molecule has 0 atom stereocenters. The van der Waals surface area contributed by atoms with Crippen LogP contribution in [-0.2, 0) is 19.1 Å². The molecule has 1 saturated heterocycles. The van der Waals surface area contributed by atoms with Crippen molar-refractivity contribution >= 4 is 34.8 Å². The van der Waals surface area contributed by atoms with Crippen LogP contribution >= 0.6 is 12.2 Å². The number of hydrogen-bond acceptors (Lipinski definition) is 6. The number of rotatable bonds is 6. The van der Waals surface area contributed by atoms with Gasteiger partial charge in [-0.05, 0) is 32.5 Å². The van der Waals surface area contributed by atoms with E-state index in [0.717, 1.165) is 5.69 Å². The van der Waals surface area contributed by atoms with E-state index in [1.54, 1.807) is 18.7 Å². The van der Waals surface area contributed by atoms with Crippen LogP contribution < -0.4 is 4.90 Å². The van der Waals surface area contributed by atoms with Gasteiger partial charge in [0.1, 0.15) is 4.99 Å². The summed E-state index contributed by atoms with van der Waals surface area (Å²) in [6.07, 6.45) is 0. The minimum atomic E-state index is -1.63. The second-order valence-corrected chi connectivity index (χ2v) is 6.09. The summed E-state index contributed by atoms with van der Waals surface area (Å²) in [4.78, 5) is 29.6. The third-order valence-corrected chi connectivity index (χ3v) is 4.74. The summed E-state index contributed by atoms with van der Waals surface area (Å²) >= 11 is 5.62. The van der Waals surface area contributed by atoms with Crippen LogP contribution in [0.1, 0.15) is 20.8 Å². The number of carbonyl (C=O) groups is 2. The molecule has 0 radical (unpaired) electrons. The van der Waals surface area contributed by atoms with E-state index in [1.165, 1.54) is 0 Å². The Labute approximate surface area is 153 Å². The van der Waals surface area contributed by atoms with Crippen molar-refractivity contribution < 1.29 is 19.1 Å². The molecule has 136 valence electrons. The quantitative estimate of drug-likeness (QED) is 0.436. The summed E-state index contributed by atoms with van der Waals surface area (Å²) in [7, 11) is 0. The number of carbonyl (C=O) groups excluding carboxylic acids is 2. The molecule has 1 aliphatic heterocycles. The van der Waals surface area contributed by atoms with Crippen LogP contribution in [0.5, 0.6) is 0 Å². The van der Waals surface area contributed by atoms with Crippen LogP contribution in [0.2, 0.25) is 0 Å².